The summed E-state index contributed by atoms with van der Waals surface area (Å²) < 4.78 is 42.5. The molecule has 3 aromatic rings. The van der Waals surface area contributed by atoms with Gasteiger partial charge in [0.05, 0.1) is 23.0 Å². The first-order valence-corrected chi connectivity index (χ1v) is 15.1. The summed E-state index contributed by atoms with van der Waals surface area (Å²) in [5.41, 5.74) is 2.00. The molecule has 0 spiro atoms. The maximum Gasteiger partial charge on any atom is 0.339 e. The van der Waals surface area contributed by atoms with Crippen molar-refractivity contribution in [3.05, 3.63) is 81.2 Å². The number of hydrogen-bond acceptors (Lipinski definition) is 9. The summed E-state index contributed by atoms with van der Waals surface area (Å²) in [5.74, 6) is -0.135. The van der Waals surface area contributed by atoms with E-state index in [1.165, 1.54) is 50.4 Å². The molecule has 0 bridgehead atoms. The highest BCUT2D eigenvalue weighted by atomic mass is 79.9. The molecule has 0 unspecified atom stereocenters. The van der Waals surface area contributed by atoms with Crippen LogP contribution in [0, 0.1) is 6.92 Å². The summed E-state index contributed by atoms with van der Waals surface area (Å²) in [4.78, 5) is 37.8. The van der Waals surface area contributed by atoms with Crippen LogP contribution in [-0.2, 0) is 19.7 Å². The number of nitrogens with zero attached hydrogens (tertiary/aromatic N) is 1. The van der Waals surface area contributed by atoms with Crippen LogP contribution in [0.5, 0.6) is 17.2 Å². The fraction of sp³-hybridized carbons (Fsp3) is 0.179. The normalized spacial score (nSPS) is 14.3. The molecule has 1 aliphatic rings. The van der Waals surface area contributed by atoms with Gasteiger partial charge >= 0.3 is 10.1 Å². The smallest absolute Gasteiger partial charge is 0.339 e. The molecular weight excluding hydrogens is 636 g/mol. The van der Waals surface area contributed by atoms with Crippen LogP contribution < -0.4 is 19.0 Å². The Hall–Kier alpha value is -3.81. The third-order valence-electron chi connectivity index (χ3n) is 5.68. The fourth-order valence-electron chi connectivity index (χ4n) is 3.70. The molecule has 0 radical (unpaired) electrons. The molecule has 3 amide bonds. The monoisotopic (exact) mass is 660 g/mol. The number of hydrogen-bond donors (Lipinski definition) is 1. The van der Waals surface area contributed by atoms with Crippen LogP contribution in [0.25, 0.3) is 6.08 Å². The van der Waals surface area contributed by atoms with Crippen molar-refractivity contribution in [2.24, 2.45) is 0 Å². The fourth-order valence-corrected chi connectivity index (χ4v) is 6.17. The van der Waals surface area contributed by atoms with Crippen LogP contribution in [0.2, 0.25) is 0 Å². The van der Waals surface area contributed by atoms with E-state index in [4.69, 9.17) is 13.7 Å². The zero-order valence-corrected chi connectivity index (χ0v) is 25.4. The van der Waals surface area contributed by atoms with E-state index in [-0.39, 0.29) is 44.8 Å². The summed E-state index contributed by atoms with van der Waals surface area (Å²) in [5, 5.41) is 2.14. The minimum atomic E-state index is -4.26. The van der Waals surface area contributed by atoms with Crippen molar-refractivity contribution in [3.63, 3.8) is 0 Å². The Kier molecular flexibility index (Phi) is 9.41. The molecule has 1 saturated heterocycles. The van der Waals surface area contributed by atoms with Gasteiger partial charge in [0, 0.05) is 12.6 Å². The van der Waals surface area contributed by atoms with E-state index >= 15 is 0 Å². The zero-order valence-electron chi connectivity index (χ0n) is 22.2. The van der Waals surface area contributed by atoms with Crippen molar-refractivity contribution in [1.29, 1.82) is 0 Å². The first kappa shape index (κ1) is 30.2. The lowest BCUT2D eigenvalue weighted by molar-refractivity contribution is -0.123. The minimum absolute atomic E-state index is 0.0785. The molecule has 0 aromatic heterocycles. The van der Waals surface area contributed by atoms with Gasteiger partial charge in [-0.2, -0.15) is 8.42 Å². The van der Waals surface area contributed by atoms with Crippen molar-refractivity contribution in [3.8, 4) is 17.2 Å². The number of carbonyl (C=O) groups excluding carboxylic acids is 3. The second kappa shape index (κ2) is 12.8. The molecule has 41 heavy (non-hydrogen) atoms. The molecule has 0 saturated carbocycles. The van der Waals surface area contributed by atoms with E-state index < -0.39 is 21.3 Å². The Labute approximate surface area is 249 Å². The molecule has 1 aliphatic heterocycles. The molecule has 13 heteroatoms. The summed E-state index contributed by atoms with van der Waals surface area (Å²) in [6.45, 7) is 3.53. The number of thioether (sulfide) groups is 1. The third kappa shape index (κ3) is 7.48. The van der Waals surface area contributed by atoms with Crippen molar-refractivity contribution in [1.82, 2.24) is 4.90 Å². The highest BCUT2D eigenvalue weighted by Gasteiger charge is 2.35. The van der Waals surface area contributed by atoms with E-state index in [1.807, 2.05) is 31.2 Å². The summed E-state index contributed by atoms with van der Waals surface area (Å²) >= 11 is 4.11. The molecule has 0 atom stereocenters. The first-order chi connectivity index (χ1) is 19.5. The van der Waals surface area contributed by atoms with Crippen LogP contribution >= 0.6 is 27.7 Å². The van der Waals surface area contributed by atoms with E-state index in [0.29, 0.717) is 17.0 Å². The van der Waals surface area contributed by atoms with Gasteiger partial charge in [-0.15, -0.1) is 0 Å². The zero-order chi connectivity index (χ0) is 29.7. The molecule has 214 valence electrons. The number of nitrogens with one attached hydrogen (secondary N) is 1. The molecule has 4 rings (SSSR count). The molecule has 1 fully saturated rings. The van der Waals surface area contributed by atoms with Gasteiger partial charge in [-0.3, -0.25) is 19.3 Å². The largest absolute Gasteiger partial charge is 0.493 e. The Morgan fingerprint density at radius 3 is 2.39 bits per heavy atom. The number of rotatable bonds is 10. The van der Waals surface area contributed by atoms with Gasteiger partial charge in [-0.05, 0) is 94.8 Å². The lowest BCUT2D eigenvalue weighted by Gasteiger charge is -2.14. The average Bonchev–Trinajstić information content (AvgIpc) is 3.18. The molecule has 1 heterocycles. The number of imide groups is 1. The Bertz CT molecular complexity index is 1620. The quantitative estimate of drug-likeness (QED) is 0.218. The molecule has 1 N–H and O–H groups in total. The highest BCUT2D eigenvalue weighted by Crippen LogP contribution is 2.40. The second-order valence-corrected chi connectivity index (χ2v) is 12.2. The van der Waals surface area contributed by atoms with Crippen LogP contribution in [0.15, 0.2) is 74.9 Å². The van der Waals surface area contributed by atoms with Gasteiger partial charge in [0.1, 0.15) is 17.3 Å². The lowest BCUT2D eigenvalue weighted by Crippen LogP contribution is -2.32. The number of aryl methyl sites for hydroxylation is 1. The van der Waals surface area contributed by atoms with Crippen molar-refractivity contribution >= 4 is 66.6 Å². The molecule has 0 aliphatic carbocycles. The minimum Gasteiger partial charge on any atom is -0.493 e. The van der Waals surface area contributed by atoms with Gasteiger partial charge in [0.2, 0.25) is 5.91 Å². The second-order valence-electron chi connectivity index (χ2n) is 8.77. The van der Waals surface area contributed by atoms with Gasteiger partial charge in [-0.1, -0.05) is 17.7 Å². The van der Waals surface area contributed by atoms with E-state index in [0.717, 1.165) is 22.2 Å². The summed E-state index contributed by atoms with van der Waals surface area (Å²) in [7, 11) is -2.92. The predicted octanol–water partition coefficient (Wildman–Crippen LogP) is 5.61. The van der Waals surface area contributed by atoms with Gasteiger partial charge in [-0.25, -0.2) is 0 Å². The standard InChI is InChI=1S/C28H25BrN2O8S2/c1-17-4-8-21(9-5-17)38-13-12-31-27(33)25(40-28(31)34)16-19-14-23(29)26(24(15-19)37-3)39-41(35,36)22-10-6-20(7-11-22)30-18(2)32/h4-11,14-16H,12-13H2,1-3H3,(H,30,32)/b25-16-. The van der Waals surface area contributed by atoms with E-state index in [2.05, 4.69) is 21.2 Å². The van der Waals surface area contributed by atoms with Crippen LogP contribution in [0.4, 0.5) is 10.5 Å². The number of amides is 3. The van der Waals surface area contributed by atoms with Crippen molar-refractivity contribution < 1.29 is 36.5 Å². The topological polar surface area (TPSA) is 128 Å². The number of anilines is 1. The molecular formula is C28H25BrN2O8S2. The van der Waals surface area contributed by atoms with Crippen molar-refractivity contribution in [2.75, 3.05) is 25.6 Å². The average molecular weight is 662 g/mol. The maximum absolute atomic E-state index is 12.9. The third-order valence-corrected chi connectivity index (χ3v) is 8.42. The van der Waals surface area contributed by atoms with E-state index in [9.17, 15) is 22.8 Å². The highest BCUT2D eigenvalue weighted by molar-refractivity contribution is 9.10. The molecule has 3 aromatic carbocycles. The molecule has 10 nitrogen and oxygen atoms in total. The van der Waals surface area contributed by atoms with Crippen LogP contribution in [0.3, 0.4) is 0 Å². The number of ether oxygens (including phenoxy) is 2. The SMILES string of the molecule is COc1cc(/C=C2\SC(=O)N(CCOc3ccc(C)cc3)C2=O)cc(Br)c1OS(=O)(=O)c1ccc(NC(C)=O)cc1. The van der Waals surface area contributed by atoms with Crippen molar-refractivity contribution in [2.45, 2.75) is 18.7 Å². The predicted molar refractivity (Wildman–Crippen MR) is 159 cm³/mol. The number of halogens is 1. The summed E-state index contributed by atoms with van der Waals surface area (Å²) in [6.07, 6.45) is 1.51. The van der Waals surface area contributed by atoms with Gasteiger partial charge in [0.15, 0.2) is 11.5 Å². The van der Waals surface area contributed by atoms with Crippen LogP contribution in [0.1, 0.15) is 18.1 Å². The number of benzene rings is 3. The Morgan fingerprint density at radius 1 is 1.07 bits per heavy atom. The lowest BCUT2D eigenvalue weighted by atomic mass is 10.2. The number of methoxy groups -OCH3 is 1. The van der Waals surface area contributed by atoms with E-state index in [1.54, 1.807) is 6.07 Å². The Balaban J connectivity index is 1.48. The first-order valence-electron chi connectivity index (χ1n) is 12.1. The Morgan fingerprint density at radius 2 is 1.76 bits per heavy atom. The van der Waals surface area contributed by atoms with Gasteiger partial charge in [0.25, 0.3) is 11.1 Å². The van der Waals surface area contributed by atoms with Gasteiger partial charge < -0.3 is 19.0 Å². The summed E-state index contributed by atoms with van der Waals surface area (Å²) in [6, 6.07) is 16.0. The number of carbonyl (C=O) groups is 3. The van der Waals surface area contributed by atoms with Crippen LogP contribution in [-0.4, -0.2) is 50.6 Å². The maximum atomic E-state index is 12.9.